The number of carbonyl (C=O) groups excluding carboxylic acids is 1. The van der Waals surface area contributed by atoms with E-state index < -0.39 is 0 Å². The van der Waals surface area contributed by atoms with Crippen LogP contribution in [0.25, 0.3) is 22.6 Å². The van der Waals surface area contributed by atoms with Gasteiger partial charge in [-0.15, -0.1) is 0 Å². The maximum absolute atomic E-state index is 14.3. The van der Waals surface area contributed by atoms with Crippen molar-refractivity contribution in [1.29, 1.82) is 0 Å². The number of aliphatic hydroxyl groups excluding tert-OH is 1. The summed E-state index contributed by atoms with van der Waals surface area (Å²) in [5, 5.41) is 16.2. The molecule has 5 rings (SSSR count). The summed E-state index contributed by atoms with van der Waals surface area (Å²) in [6.07, 6.45) is 1.55. The number of anilines is 2. The first-order valence-corrected chi connectivity index (χ1v) is 11.5. The molecule has 182 valence electrons. The Hall–Kier alpha value is -3.83. The van der Waals surface area contributed by atoms with Gasteiger partial charge in [0.1, 0.15) is 17.0 Å². The van der Waals surface area contributed by atoms with Crippen molar-refractivity contribution < 1.29 is 14.3 Å². The van der Waals surface area contributed by atoms with E-state index in [0.717, 1.165) is 37.6 Å². The van der Waals surface area contributed by atoms with Crippen LogP contribution in [0.15, 0.2) is 36.5 Å². The van der Waals surface area contributed by atoms with Crippen molar-refractivity contribution in [3.63, 3.8) is 0 Å². The molecule has 35 heavy (non-hydrogen) atoms. The van der Waals surface area contributed by atoms with Crippen LogP contribution in [-0.2, 0) is 7.05 Å². The molecule has 1 aromatic carbocycles. The third kappa shape index (κ3) is 4.73. The third-order valence-electron chi connectivity index (χ3n) is 6.17. The number of fused-ring (bicyclic) bond motifs is 1. The third-order valence-corrected chi connectivity index (χ3v) is 6.17. The van der Waals surface area contributed by atoms with Crippen LogP contribution in [0.4, 0.5) is 16.0 Å². The first kappa shape index (κ1) is 22.9. The Kier molecular flexibility index (Phi) is 6.18. The van der Waals surface area contributed by atoms with E-state index in [9.17, 15) is 9.18 Å². The fraction of sp³-hybridized carbons (Fsp3) is 0.333. The van der Waals surface area contributed by atoms with Gasteiger partial charge < -0.3 is 20.3 Å². The maximum Gasteiger partial charge on any atom is 0.258 e. The van der Waals surface area contributed by atoms with E-state index in [0.29, 0.717) is 35.0 Å². The summed E-state index contributed by atoms with van der Waals surface area (Å²) in [7, 11) is 1.73. The van der Waals surface area contributed by atoms with E-state index in [1.165, 1.54) is 6.07 Å². The zero-order valence-corrected chi connectivity index (χ0v) is 19.6. The number of β-amino-alcohol motifs (C(OH)–C–C–N with tert-alkyl or cyclic N) is 1. The summed E-state index contributed by atoms with van der Waals surface area (Å²) in [4.78, 5) is 29.1. The number of nitrogens with zero attached hydrogens (tertiary/aromatic N) is 6. The number of amides is 1. The number of H-pyrrole nitrogens is 1. The van der Waals surface area contributed by atoms with Crippen LogP contribution in [0.5, 0.6) is 0 Å². The number of carbonyl (C=O) groups is 1. The lowest BCUT2D eigenvalue weighted by molar-refractivity contribution is 0.102. The molecule has 0 atom stereocenters. The van der Waals surface area contributed by atoms with Crippen molar-refractivity contribution in [1.82, 2.24) is 29.6 Å². The molecule has 3 aromatic heterocycles. The number of imidazole rings is 1. The minimum Gasteiger partial charge on any atom is -0.395 e. The van der Waals surface area contributed by atoms with Gasteiger partial charge in [0.05, 0.1) is 17.7 Å². The van der Waals surface area contributed by atoms with Gasteiger partial charge in [0.15, 0.2) is 17.5 Å². The van der Waals surface area contributed by atoms with Crippen LogP contribution in [0, 0.1) is 12.7 Å². The largest absolute Gasteiger partial charge is 0.395 e. The first-order chi connectivity index (χ1) is 16.9. The van der Waals surface area contributed by atoms with Gasteiger partial charge in [0.2, 0.25) is 0 Å². The predicted octanol–water partition coefficient (Wildman–Crippen LogP) is 2.17. The second kappa shape index (κ2) is 9.43. The summed E-state index contributed by atoms with van der Waals surface area (Å²) in [6.45, 7) is 6.04. The van der Waals surface area contributed by atoms with E-state index in [1.54, 1.807) is 30.1 Å². The molecule has 1 aliphatic heterocycles. The average Bonchev–Trinajstić information content (AvgIpc) is 3.43. The summed E-state index contributed by atoms with van der Waals surface area (Å²) in [5.41, 5.74) is 2.69. The van der Waals surface area contributed by atoms with Crippen LogP contribution >= 0.6 is 0 Å². The lowest BCUT2D eigenvalue weighted by Gasteiger charge is -2.35. The minimum atomic E-state index is -0.388. The highest BCUT2D eigenvalue weighted by Crippen LogP contribution is 2.25. The first-order valence-electron chi connectivity index (χ1n) is 11.5. The zero-order valence-electron chi connectivity index (χ0n) is 19.6. The molecule has 0 aliphatic carbocycles. The smallest absolute Gasteiger partial charge is 0.258 e. The summed E-state index contributed by atoms with van der Waals surface area (Å²) in [6, 6.07) is 8.55. The van der Waals surface area contributed by atoms with Crippen LogP contribution < -0.4 is 10.2 Å². The minimum absolute atomic E-state index is 0.163. The Labute approximate surface area is 201 Å². The van der Waals surface area contributed by atoms with Gasteiger partial charge in [0.25, 0.3) is 5.91 Å². The molecule has 1 amide bonds. The monoisotopic (exact) mass is 478 g/mol. The van der Waals surface area contributed by atoms with Crippen molar-refractivity contribution >= 4 is 28.6 Å². The fourth-order valence-electron chi connectivity index (χ4n) is 4.32. The Morgan fingerprint density at radius 1 is 1.20 bits per heavy atom. The molecule has 1 fully saturated rings. The number of hydrogen-bond acceptors (Lipinski definition) is 7. The molecule has 4 heterocycles. The molecule has 3 N–H and O–H groups in total. The number of aromatic nitrogens is 5. The van der Waals surface area contributed by atoms with E-state index in [2.05, 4.69) is 35.2 Å². The average molecular weight is 479 g/mol. The molecule has 1 aliphatic rings. The van der Waals surface area contributed by atoms with Gasteiger partial charge in [-0.2, -0.15) is 5.10 Å². The summed E-state index contributed by atoms with van der Waals surface area (Å²) >= 11 is 0. The zero-order chi connectivity index (χ0) is 24.5. The number of aliphatic hydroxyl groups is 1. The molecular formula is C24H27FN8O2. The predicted molar refractivity (Wildman–Crippen MR) is 131 cm³/mol. The van der Waals surface area contributed by atoms with E-state index >= 15 is 0 Å². The molecule has 0 bridgehead atoms. The molecule has 1 saturated heterocycles. The summed E-state index contributed by atoms with van der Waals surface area (Å²) in [5.74, 6) is 0.922. The number of aryl methyl sites for hydroxylation is 2. The topological polar surface area (TPSA) is 115 Å². The van der Waals surface area contributed by atoms with Gasteiger partial charge in [-0.05, 0) is 36.8 Å². The number of benzene rings is 1. The quantitative estimate of drug-likeness (QED) is 0.389. The molecule has 4 aromatic rings. The van der Waals surface area contributed by atoms with Crippen LogP contribution in [0.1, 0.15) is 15.9 Å². The normalized spacial score (nSPS) is 14.6. The number of piperazine rings is 1. The highest BCUT2D eigenvalue weighted by atomic mass is 19.1. The SMILES string of the molecule is Cc1cc(F)c2nc(-c3cc(NC(=O)c4ccc(N5CCN(CCO)CC5)nc4)nn3C)[nH]c2c1. The Balaban J connectivity index is 1.27. The molecule has 0 saturated carbocycles. The Morgan fingerprint density at radius 2 is 2.00 bits per heavy atom. The van der Waals surface area contributed by atoms with Gasteiger partial charge >= 0.3 is 0 Å². The number of nitrogens with one attached hydrogen (secondary N) is 2. The number of hydrogen-bond donors (Lipinski definition) is 3. The second-order valence-corrected chi connectivity index (χ2v) is 8.68. The van der Waals surface area contributed by atoms with Gasteiger partial charge in [-0.25, -0.2) is 14.4 Å². The summed E-state index contributed by atoms with van der Waals surface area (Å²) < 4.78 is 15.8. The Bertz CT molecular complexity index is 1360. The van der Waals surface area contributed by atoms with E-state index in [-0.39, 0.29) is 23.8 Å². The van der Waals surface area contributed by atoms with Crippen LogP contribution in [-0.4, -0.2) is 80.0 Å². The van der Waals surface area contributed by atoms with Gasteiger partial charge in [0, 0.05) is 52.0 Å². The molecule has 0 radical (unpaired) electrons. The maximum atomic E-state index is 14.3. The molecule has 0 spiro atoms. The number of aromatic amines is 1. The lowest BCUT2D eigenvalue weighted by atomic mass is 10.2. The standard InChI is InChI=1S/C24H27FN8O2/c1-15-11-17(25)22-18(12-15)27-23(29-22)19-13-20(30-31(19)2)28-24(35)16-3-4-21(26-14-16)33-7-5-32(6-8-33)9-10-34/h3-4,11-14,34H,5-10H2,1-2H3,(H,27,29)(H,28,30,35). The van der Waals surface area contributed by atoms with Crippen molar-refractivity contribution in [2.24, 2.45) is 7.05 Å². The second-order valence-electron chi connectivity index (χ2n) is 8.68. The van der Waals surface area contributed by atoms with Crippen LogP contribution in [0.2, 0.25) is 0 Å². The number of pyridine rings is 1. The van der Waals surface area contributed by atoms with Crippen molar-refractivity contribution in [3.8, 4) is 11.5 Å². The van der Waals surface area contributed by atoms with Crippen molar-refractivity contribution in [3.05, 3.63) is 53.5 Å². The molecular weight excluding hydrogens is 451 g/mol. The molecule has 0 unspecified atom stereocenters. The fourth-order valence-corrected chi connectivity index (χ4v) is 4.32. The van der Waals surface area contributed by atoms with Crippen molar-refractivity contribution in [2.45, 2.75) is 6.92 Å². The molecule has 10 nitrogen and oxygen atoms in total. The number of halogens is 1. The number of rotatable bonds is 6. The van der Waals surface area contributed by atoms with Gasteiger partial charge in [-0.3, -0.25) is 14.4 Å². The van der Waals surface area contributed by atoms with E-state index in [4.69, 9.17) is 5.11 Å². The highest BCUT2D eigenvalue weighted by Gasteiger charge is 2.19. The lowest BCUT2D eigenvalue weighted by Crippen LogP contribution is -2.47. The highest BCUT2D eigenvalue weighted by molar-refractivity contribution is 6.03. The molecule has 11 heteroatoms. The van der Waals surface area contributed by atoms with Crippen molar-refractivity contribution in [2.75, 3.05) is 49.5 Å². The van der Waals surface area contributed by atoms with Crippen LogP contribution in [0.3, 0.4) is 0 Å². The van der Waals surface area contributed by atoms with E-state index in [1.807, 2.05) is 19.1 Å². The van der Waals surface area contributed by atoms with Gasteiger partial charge in [-0.1, -0.05) is 0 Å². The Morgan fingerprint density at radius 3 is 2.71 bits per heavy atom.